The predicted molar refractivity (Wildman–Crippen MR) is 130 cm³/mol. The average Bonchev–Trinajstić information content (AvgIpc) is 2.96. The number of aliphatic hydroxyl groups excluding tert-OH is 1. The number of unbranched alkanes of at least 4 members (excludes halogenated alkanes) is 3. The summed E-state index contributed by atoms with van der Waals surface area (Å²) in [6.07, 6.45) is 4.91. The van der Waals surface area contributed by atoms with Crippen molar-refractivity contribution in [2.24, 2.45) is 0 Å². The molecule has 2 aromatic rings. The second-order valence-electron chi connectivity index (χ2n) is 9.59. The fourth-order valence-electron chi connectivity index (χ4n) is 4.11. The van der Waals surface area contributed by atoms with Crippen molar-refractivity contribution in [3.8, 4) is 0 Å². The molecule has 6 heteroatoms. The van der Waals surface area contributed by atoms with Crippen molar-refractivity contribution in [3.63, 3.8) is 0 Å². The summed E-state index contributed by atoms with van der Waals surface area (Å²) >= 11 is 1.77. The molecule has 2 aromatic carbocycles. The highest BCUT2D eigenvalue weighted by molar-refractivity contribution is 7.99. The Labute approximate surface area is 191 Å². The van der Waals surface area contributed by atoms with Crippen LogP contribution < -0.4 is 10.4 Å². The molecule has 0 atom stereocenters. The van der Waals surface area contributed by atoms with Gasteiger partial charge < -0.3 is 19.3 Å². The molecule has 0 bridgehead atoms. The van der Waals surface area contributed by atoms with Crippen LogP contribution in [0.5, 0.6) is 0 Å². The third-order valence-corrected chi connectivity index (χ3v) is 7.85. The van der Waals surface area contributed by atoms with Crippen molar-refractivity contribution in [3.05, 3.63) is 42.0 Å². The standard InChI is InChI=1S/C25H34BNO3S/c1-6-7-8-9-14-27-20-12-10-18(17-28)15-22(20)31-23-16-19(11-13-21(23)27)26-29-24(2,3)25(4,5)30-26/h10-13,15-16,28H,6-9,14,17H2,1-5H3. The largest absolute Gasteiger partial charge is 0.494 e. The summed E-state index contributed by atoms with van der Waals surface area (Å²) in [5.74, 6) is 0. The van der Waals surface area contributed by atoms with E-state index in [4.69, 9.17) is 9.31 Å². The first-order chi connectivity index (χ1) is 14.8. The first-order valence-electron chi connectivity index (χ1n) is 11.4. The van der Waals surface area contributed by atoms with Crippen molar-refractivity contribution in [1.82, 2.24) is 0 Å². The van der Waals surface area contributed by atoms with E-state index in [0.29, 0.717) is 0 Å². The van der Waals surface area contributed by atoms with Crippen LogP contribution in [0.15, 0.2) is 46.2 Å². The summed E-state index contributed by atoms with van der Waals surface area (Å²) in [5.41, 5.74) is 3.77. The van der Waals surface area contributed by atoms with E-state index in [1.807, 2.05) is 6.07 Å². The molecule has 1 fully saturated rings. The number of benzene rings is 2. The van der Waals surface area contributed by atoms with E-state index < -0.39 is 0 Å². The van der Waals surface area contributed by atoms with Gasteiger partial charge in [-0.25, -0.2) is 0 Å². The highest BCUT2D eigenvalue weighted by Crippen LogP contribution is 2.48. The molecule has 0 aliphatic carbocycles. The molecule has 0 radical (unpaired) electrons. The first kappa shape index (κ1) is 22.7. The molecule has 166 valence electrons. The van der Waals surface area contributed by atoms with E-state index in [0.717, 1.165) is 24.0 Å². The molecule has 4 rings (SSSR count). The third-order valence-electron chi connectivity index (χ3n) is 6.75. The summed E-state index contributed by atoms with van der Waals surface area (Å²) in [4.78, 5) is 4.84. The average molecular weight is 439 g/mol. The summed E-state index contributed by atoms with van der Waals surface area (Å²) in [6, 6.07) is 12.9. The zero-order valence-corrected chi connectivity index (χ0v) is 20.2. The Morgan fingerprint density at radius 2 is 1.55 bits per heavy atom. The normalized spacial score (nSPS) is 18.8. The number of hydrogen-bond acceptors (Lipinski definition) is 5. The molecule has 2 aliphatic rings. The van der Waals surface area contributed by atoms with Crippen molar-refractivity contribution in [1.29, 1.82) is 0 Å². The van der Waals surface area contributed by atoms with Crippen molar-refractivity contribution in [2.45, 2.75) is 87.9 Å². The molecule has 0 unspecified atom stereocenters. The van der Waals surface area contributed by atoms with Crippen LogP contribution in [-0.4, -0.2) is 30.0 Å². The predicted octanol–water partition coefficient (Wildman–Crippen LogP) is 5.66. The van der Waals surface area contributed by atoms with Crippen LogP contribution in [0.1, 0.15) is 65.9 Å². The Bertz CT molecular complexity index is 930. The number of aliphatic hydroxyl groups is 1. The number of hydrogen-bond donors (Lipinski definition) is 1. The van der Waals surface area contributed by atoms with Crippen molar-refractivity contribution < 1.29 is 14.4 Å². The molecule has 1 saturated heterocycles. The van der Waals surface area contributed by atoms with Gasteiger partial charge in [0, 0.05) is 16.3 Å². The van der Waals surface area contributed by atoms with Gasteiger partial charge in [0.05, 0.1) is 29.2 Å². The van der Waals surface area contributed by atoms with Crippen molar-refractivity contribution in [2.75, 3.05) is 11.4 Å². The van der Waals surface area contributed by atoms with Gasteiger partial charge in [0.25, 0.3) is 0 Å². The van der Waals surface area contributed by atoms with Gasteiger partial charge in [0.2, 0.25) is 0 Å². The summed E-state index contributed by atoms with van der Waals surface area (Å²) in [6.45, 7) is 11.7. The monoisotopic (exact) mass is 439 g/mol. The molecule has 0 aromatic heterocycles. The highest BCUT2D eigenvalue weighted by Gasteiger charge is 2.51. The maximum atomic E-state index is 9.63. The lowest BCUT2D eigenvalue weighted by Crippen LogP contribution is -2.41. The topological polar surface area (TPSA) is 41.9 Å². The molecule has 31 heavy (non-hydrogen) atoms. The van der Waals surface area contributed by atoms with Gasteiger partial charge in [-0.1, -0.05) is 50.1 Å². The van der Waals surface area contributed by atoms with Crippen molar-refractivity contribution >= 4 is 35.7 Å². The molecule has 2 heterocycles. The SMILES string of the molecule is CCCCCCN1c2ccc(CO)cc2Sc2cc(B3OC(C)(C)C(C)(C)O3)ccc21. The summed E-state index contributed by atoms with van der Waals surface area (Å²) in [5, 5.41) is 9.63. The van der Waals surface area contributed by atoms with Crippen LogP contribution in [0.4, 0.5) is 11.4 Å². The lowest BCUT2D eigenvalue weighted by atomic mass is 9.79. The zero-order chi connectivity index (χ0) is 22.2. The molecular formula is C25H34BNO3S. The van der Waals surface area contributed by atoms with Gasteiger partial charge >= 0.3 is 7.12 Å². The van der Waals surface area contributed by atoms with E-state index in [-0.39, 0.29) is 24.9 Å². The quantitative estimate of drug-likeness (QED) is 0.445. The lowest BCUT2D eigenvalue weighted by molar-refractivity contribution is 0.00578. The molecular weight excluding hydrogens is 405 g/mol. The second-order valence-corrected chi connectivity index (χ2v) is 10.7. The third kappa shape index (κ3) is 4.41. The summed E-state index contributed by atoms with van der Waals surface area (Å²) in [7, 11) is -0.362. The van der Waals surface area contributed by atoms with Gasteiger partial charge in [-0.15, -0.1) is 0 Å². The molecule has 2 aliphatic heterocycles. The van der Waals surface area contributed by atoms with E-state index in [2.05, 4.69) is 69.9 Å². The Morgan fingerprint density at radius 1 is 0.903 bits per heavy atom. The fourth-order valence-corrected chi connectivity index (χ4v) is 5.32. The van der Waals surface area contributed by atoms with Gasteiger partial charge in [0.1, 0.15) is 0 Å². The minimum absolute atomic E-state index is 0.0607. The summed E-state index contributed by atoms with van der Waals surface area (Å²) < 4.78 is 12.6. The molecule has 4 nitrogen and oxygen atoms in total. The van der Waals surface area contributed by atoms with Crippen LogP contribution >= 0.6 is 11.8 Å². The van der Waals surface area contributed by atoms with Gasteiger partial charge in [-0.05, 0) is 69.4 Å². The van der Waals surface area contributed by atoms with Gasteiger partial charge in [-0.3, -0.25) is 0 Å². The molecule has 0 amide bonds. The first-order valence-corrected chi connectivity index (χ1v) is 12.3. The maximum absolute atomic E-state index is 9.63. The Balaban J connectivity index is 1.66. The number of anilines is 2. The number of rotatable bonds is 7. The Hall–Kier alpha value is -1.47. The highest BCUT2D eigenvalue weighted by atomic mass is 32.2. The van der Waals surface area contributed by atoms with Gasteiger partial charge in [-0.2, -0.15) is 0 Å². The minimum atomic E-state index is -0.362. The van der Waals surface area contributed by atoms with E-state index >= 15 is 0 Å². The van der Waals surface area contributed by atoms with Crippen LogP contribution in [0.2, 0.25) is 0 Å². The second kappa shape index (κ2) is 8.82. The molecule has 0 saturated carbocycles. The number of fused-ring (bicyclic) bond motifs is 2. The van der Waals surface area contributed by atoms with Crippen LogP contribution in [0.3, 0.4) is 0 Å². The smallest absolute Gasteiger partial charge is 0.399 e. The van der Waals surface area contributed by atoms with Gasteiger partial charge in [0.15, 0.2) is 0 Å². The number of nitrogens with zero attached hydrogens (tertiary/aromatic N) is 1. The maximum Gasteiger partial charge on any atom is 0.494 e. The zero-order valence-electron chi connectivity index (χ0n) is 19.4. The van der Waals surface area contributed by atoms with Crippen LogP contribution in [0.25, 0.3) is 0 Å². The van der Waals surface area contributed by atoms with Crippen LogP contribution in [0, 0.1) is 0 Å². The Morgan fingerprint density at radius 3 is 2.19 bits per heavy atom. The van der Waals surface area contributed by atoms with E-state index in [1.165, 1.54) is 40.4 Å². The molecule has 1 N–H and O–H groups in total. The Kier molecular flexibility index (Phi) is 6.46. The van der Waals surface area contributed by atoms with E-state index in [9.17, 15) is 5.11 Å². The minimum Gasteiger partial charge on any atom is -0.399 e. The fraction of sp³-hybridized carbons (Fsp3) is 0.520. The lowest BCUT2D eigenvalue weighted by Gasteiger charge is -2.33. The van der Waals surface area contributed by atoms with E-state index in [1.54, 1.807) is 11.8 Å². The molecule has 0 spiro atoms. The van der Waals surface area contributed by atoms with Crippen LogP contribution in [-0.2, 0) is 15.9 Å².